The van der Waals surface area contributed by atoms with Gasteiger partial charge in [-0.25, -0.2) is 19.3 Å². The van der Waals surface area contributed by atoms with Crippen LogP contribution in [0.1, 0.15) is 39.9 Å². The third kappa shape index (κ3) is 4.33. The number of nitrogens with one attached hydrogen (secondary N) is 1. The van der Waals surface area contributed by atoms with Crippen LogP contribution in [0.4, 0.5) is 10.2 Å². The summed E-state index contributed by atoms with van der Waals surface area (Å²) < 4.78 is 13.3. The second kappa shape index (κ2) is 8.47. The Kier molecular flexibility index (Phi) is 5.76. The number of aryl methyl sites for hydroxylation is 3. The second-order valence-electron chi connectivity index (χ2n) is 7.53. The Labute approximate surface area is 179 Å². The molecule has 4 rings (SSSR count). The highest BCUT2D eigenvalue weighted by Gasteiger charge is 2.32. The third-order valence-electron chi connectivity index (χ3n) is 5.17. The highest BCUT2D eigenvalue weighted by atomic mass is 32.1. The van der Waals surface area contributed by atoms with Crippen molar-refractivity contribution < 1.29 is 9.18 Å². The molecule has 156 valence electrons. The molecule has 1 fully saturated rings. The van der Waals surface area contributed by atoms with Crippen LogP contribution >= 0.6 is 11.3 Å². The molecule has 1 unspecified atom stereocenters. The predicted octanol–water partition coefficient (Wildman–Crippen LogP) is 4.38. The van der Waals surface area contributed by atoms with Crippen molar-refractivity contribution in [3.63, 3.8) is 0 Å². The first-order valence-corrected chi connectivity index (χ1v) is 10.8. The normalized spacial score (nSPS) is 16.1. The van der Waals surface area contributed by atoms with Gasteiger partial charge in [0.2, 0.25) is 0 Å². The number of thiazole rings is 1. The highest BCUT2D eigenvalue weighted by Crippen LogP contribution is 2.32. The van der Waals surface area contributed by atoms with E-state index >= 15 is 0 Å². The molecule has 3 aromatic rings. The number of carbonyl (C=O) groups excluding carboxylic acids is 1. The molecule has 1 saturated heterocycles. The summed E-state index contributed by atoms with van der Waals surface area (Å²) in [5.41, 5.74) is 2.17. The number of likely N-dealkylation sites (tertiary alicyclic amines) is 1. The number of aromatic nitrogens is 3. The van der Waals surface area contributed by atoms with Gasteiger partial charge in [0.1, 0.15) is 23.2 Å². The number of hydrogen-bond donors (Lipinski definition) is 1. The molecule has 2 aromatic heterocycles. The second-order valence-corrected chi connectivity index (χ2v) is 8.74. The molecule has 6 nitrogen and oxygen atoms in total. The van der Waals surface area contributed by atoms with E-state index in [0.717, 1.165) is 45.6 Å². The fourth-order valence-corrected chi connectivity index (χ4v) is 4.77. The smallest absolute Gasteiger partial charge is 0.274 e. The highest BCUT2D eigenvalue weighted by molar-refractivity contribution is 7.15. The lowest BCUT2D eigenvalue weighted by Crippen LogP contribution is -2.40. The van der Waals surface area contributed by atoms with E-state index in [0.29, 0.717) is 18.8 Å². The van der Waals surface area contributed by atoms with Gasteiger partial charge < -0.3 is 10.2 Å². The topological polar surface area (TPSA) is 71.0 Å². The molecule has 1 N–H and O–H groups in total. The Morgan fingerprint density at radius 3 is 2.70 bits per heavy atom. The van der Waals surface area contributed by atoms with Crippen molar-refractivity contribution in [1.82, 2.24) is 19.9 Å². The average molecular weight is 426 g/mol. The first-order chi connectivity index (χ1) is 14.4. The zero-order chi connectivity index (χ0) is 21.3. The van der Waals surface area contributed by atoms with Crippen LogP contribution in [0.25, 0.3) is 10.4 Å². The minimum Gasteiger partial charge on any atom is -0.368 e. The maximum atomic E-state index is 13.4. The lowest BCUT2D eigenvalue weighted by atomic mass is 10.1. The molecule has 0 saturated carbocycles. The Morgan fingerprint density at radius 2 is 1.97 bits per heavy atom. The maximum absolute atomic E-state index is 13.4. The number of halogens is 1. The summed E-state index contributed by atoms with van der Waals surface area (Å²) in [7, 11) is 0. The molecule has 1 amide bonds. The van der Waals surface area contributed by atoms with Crippen LogP contribution in [0.2, 0.25) is 0 Å². The Bertz CT molecular complexity index is 1050. The van der Waals surface area contributed by atoms with Gasteiger partial charge in [-0.05, 0) is 51.3 Å². The Morgan fingerprint density at radius 1 is 1.20 bits per heavy atom. The fraction of sp³-hybridized carbons (Fsp3) is 0.364. The monoisotopic (exact) mass is 425 g/mol. The summed E-state index contributed by atoms with van der Waals surface area (Å²) >= 11 is 1.46. The molecule has 3 heterocycles. The summed E-state index contributed by atoms with van der Waals surface area (Å²) in [6.07, 6.45) is 1.88. The van der Waals surface area contributed by atoms with Gasteiger partial charge in [0.25, 0.3) is 5.91 Å². The average Bonchev–Trinajstić information content (AvgIpc) is 3.32. The van der Waals surface area contributed by atoms with Crippen LogP contribution in [-0.4, -0.2) is 44.9 Å². The van der Waals surface area contributed by atoms with E-state index in [9.17, 15) is 9.18 Å². The van der Waals surface area contributed by atoms with Crippen molar-refractivity contribution in [2.45, 2.75) is 39.7 Å². The van der Waals surface area contributed by atoms with E-state index in [1.807, 2.05) is 31.7 Å². The summed E-state index contributed by atoms with van der Waals surface area (Å²) in [6.45, 7) is 7.01. The van der Waals surface area contributed by atoms with E-state index in [1.54, 1.807) is 12.1 Å². The first-order valence-electron chi connectivity index (χ1n) is 10.0. The van der Waals surface area contributed by atoms with Crippen LogP contribution < -0.4 is 5.32 Å². The first kappa shape index (κ1) is 20.4. The molecular formula is C22H24FN5OS. The molecule has 8 heteroatoms. The Hall–Kier alpha value is -2.87. The number of hydrogen-bond acceptors (Lipinski definition) is 6. The van der Waals surface area contributed by atoms with Crippen LogP contribution in [0.3, 0.4) is 0 Å². The number of amides is 1. The van der Waals surface area contributed by atoms with Crippen LogP contribution in [0.15, 0.2) is 30.3 Å². The number of benzene rings is 1. The van der Waals surface area contributed by atoms with Gasteiger partial charge in [0.05, 0.1) is 9.88 Å². The largest absolute Gasteiger partial charge is 0.368 e. The lowest BCUT2D eigenvalue weighted by Gasteiger charge is -2.25. The molecule has 0 radical (unpaired) electrons. The minimum atomic E-state index is -0.297. The molecule has 1 aliphatic heterocycles. The summed E-state index contributed by atoms with van der Waals surface area (Å²) in [5, 5.41) is 4.18. The zero-order valence-corrected chi connectivity index (χ0v) is 18.1. The summed E-state index contributed by atoms with van der Waals surface area (Å²) in [6, 6.07) is 8.19. The van der Waals surface area contributed by atoms with E-state index in [1.165, 1.54) is 23.5 Å². The van der Waals surface area contributed by atoms with Crippen molar-refractivity contribution in [3.8, 4) is 10.4 Å². The molecule has 0 spiro atoms. The predicted molar refractivity (Wildman–Crippen MR) is 116 cm³/mol. The number of rotatable bonds is 5. The van der Waals surface area contributed by atoms with E-state index in [-0.39, 0.29) is 17.8 Å². The summed E-state index contributed by atoms with van der Waals surface area (Å²) in [4.78, 5) is 29.3. The Balaban J connectivity index is 1.53. The molecule has 1 aromatic carbocycles. The van der Waals surface area contributed by atoms with Gasteiger partial charge >= 0.3 is 0 Å². The van der Waals surface area contributed by atoms with Crippen LogP contribution in [-0.2, 0) is 0 Å². The summed E-state index contributed by atoms with van der Waals surface area (Å²) in [5.74, 6) is 1.13. The number of carbonyl (C=O) groups is 1. The number of nitrogens with zero attached hydrogens (tertiary/aromatic N) is 4. The van der Waals surface area contributed by atoms with Gasteiger partial charge in [-0.2, -0.15) is 0 Å². The van der Waals surface area contributed by atoms with Gasteiger partial charge in [-0.3, -0.25) is 4.79 Å². The van der Waals surface area contributed by atoms with E-state index in [4.69, 9.17) is 0 Å². The lowest BCUT2D eigenvalue weighted by molar-refractivity contribution is 0.0739. The van der Waals surface area contributed by atoms with Gasteiger partial charge in [-0.15, -0.1) is 11.3 Å². The zero-order valence-electron chi connectivity index (χ0n) is 17.3. The minimum absolute atomic E-state index is 0.0659. The van der Waals surface area contributed by atoms with Gasteiger partial charge in [0, 0.05) is 30.9 Å². The van der Waals surface area contributed by atoms with Crippen LogP contribution in [0.5, 0.6) is 0 Å². The van der Waals surface area contributed by atoms with Crippen LogP contribution in [0, 0.1) is 26.6 Å². The fourth-order valence-electron chi connectivity index (χ4n) is 3.85. The molecule has 0 aliphatic carbocycles. The third-order valence-corrected chi connectivity index (χ3v) is 6.19. The van der Waals surface area contributed by atoms with Gasteiger partial charge in [0.15, 0.2) is 0 Å². The molecule has 0 bridgehead atoms. The SMILES string of the molecule is Cc1cc(NCC2CCCN2C(=O)c2nc(C)sc2-c2ccc(F)cc2)nc(C)n1. The van der Waals surface area contributed by atoms with Crippen molar-refractivity contribution in [2.75, 3.05) is 18.4 Å². The van der Waals surface area contributed by atoms with Crippen molar-refractivity contribution in [3.05, 3.63) is 58.4 Å². The van der Waals surface area contributed by atoms with E-state index < -0.39 is 0 Å². The molecule has 1 aliphatic rings. The van der Waals surface area contributed by atoms with Gasteiger partial charge in [-0.1, -0.05) is 12.1 Å². The van der Waals surface area contributed by atoms with Crippen molar-refractivity contribution >= 4 is 23.1 Å². The standard InChI is InChI=1S/C22H24FN5OS/c1-13-11-19(26-14(2)25-13)24-12-18-5-4-10-28(18)22(29)20-21(30-15(3)27-20)16-6-8-17(23)9-7-16/h6-9,11,18H,4-5,10,12H2,1-3H3,(H,24,25,26). The molecule has 1 atom stereocenters. The van der Waals surface area contributed by atoms with Crippen molar-refractivity contribution in [2.24, 2.45) is 0 Å². The molecular weight excluding hydrogens is 401 g/mol. The maximum Gasteiger partial charge on any atom is 0.274 e. The molecule has 30 heavy (non-hydrogen) atoms. The van der Waals surface area contributed by atoms with Crippen molar-refractivity contribution in [1.29, 1.82) is 0 Å². The quantitative estimate of drug-likeness (QED) is 0.657. The van der Waals surface area contributed by atoms with E-state index in [2.05, 4.69) is 20.3 Å². The number of anilines is 1.